The molecule has 0 fully saturated rings. The number of anilines is 1. The van der Waals surface area contributed by atoms with E-state index in [0.717, 1.165) is 30.1 Å². The van der Waals surface area contributed by atoms with Crippen molar-refractivity contribution in [1.29, 1.82) is 0 Å². The first-order valence-electron chi connectivity index (χ1n) is 7.42. The van der Waals surface area contributed by atoms with Crippen molar-refractivity contribution in [3.8, 4) is 0 Å². The highest BCUT2D eigenvalue weighted by Gasteiger charge is 2.26. The average Bonchev–Trinajstić information content (AvgIpc) is 3.02. The van der Waals surface area contributed by atoms with Crippen LogP contribution in [-0.2, 0) is 17.8 Å². The van der Waals surface area contributed by atoms with Crippen LogP contribution in [0.25, 0.3) is 0 Å². The Morgan fingerprint density at radius 2 is 2.18 bits per heavy atom. The first-order chi connectivity index (χ1) is 10.7. The van der Waals surface area contributed by atoms with Crippen LogP contribution in [0.1, 0.15) is 17.4 Å². The molecule has 2 aromatic rings. The van der Waals surface area contributed by atoms with Crippen molar-refractivity contribution in [2.75, 3.05) is 18.1 Å². The summed E-state index contributed by atoms with van der Waals surface area (Å²) in [6.45, 7) is 3.82. The van der Waals surface area contributed by atoms with Crippen LogP contribution in [0.4, 0.5) is 5.69 Å². The van der Waals surface area contributed by atoms with E-state index in [1.54, 1.807) is 11.8 Å². The largest absolute Gasteiger partial charge is 0.324 e. The number of hydrogen-bond donors (Lipinski definition) is 1. The molecule has 2 heterocycles. The van der Waals surface area contributed by atoms with Crippen molar-refractivity contribution in [2.45, 2.75) is 30.8 Å². The number of benzene rings is 1. The molecule has 0 spiro atoms. The number of nitrogens with one attached hydrogen (secondary N) is 1. The Labute approximate surface area is 139 Å². The highest BCUT2D eigenvalue weighted by Crippen LogP contribution is 2.27. The van der Waals surface area contributed by atoms with E-state index in [1.807, 2.05) is 48.8 Å². The summed E-state index contributed by atoms with van der Waals surface area (Å²) in [6.07, 6.45) is 3.07. The van der Waals surface area contributed by atoms with Gasteiger partial charge in [-0.2, -0.15) is 0 Å². The van der Waals surface area contributed by atoms with Crippen LogP contribution in [-0.4, -0.2) is 29.6 Å². The van der Waals surface area contributed by atoms with Gasteiger partial charge in [0.2, 0.25) is 5.91 Å². The molecule has 1 amide bonds. The van der Waals surface area contributed by atoms with Gasteiger partial charge in [0.05, 0.1) is 11.7 Å². The SMILES string of the molecule is CSc1ccccc1NC(=O)[C@H](C)N1CCc2sccc2C1. The number of nitrogens with zero attached hydrogens (tertiary/aromatic N) is 1. The molecule has 0 unspecified atom stereocenters. The molecule has 3 nitrogen and oxygen atoms in total. The van der Waals surface area contributed by atoms with Gasteiger partial charge in [0, 0.05) is 22.9 Å². The summed E-state index contributed by atoms with van der Waals surface area (Å²) in [7, 11) is 0. The molecule has 0 aliphatic carbocycles. The summed E-state index contributed by atoms with van der Waals surface area (Å²) in [4.78, 5) is 17.4. The van der Waals surface area contributed by atoms with Crippen molar-refractivity contribution in [1.82, 2.24) is 4.90 Å². The molecule has 1 aromatic carbocycles. The number of carbonyl (C=O) groups is 1. The zero-order valence-electron chi connectivity index (χ0n) is 12.8. The molecule has 0 saturated carbocycles. The maximum Gasteiger partial charge on any atom is 0.241 e. The van der Waals surface area contributed by atoms with Crippen LogP contribution < -0.4 is 5.32 Å². The van der Waals surface area contributed by atoms with Crippen LogP contribution in [0.3, 0.4) is 0 Å². The van der Waals surface area contributed by atoms with Gasteiger partial charge in [0.15, 0.2) is 0 Å². The number of para-hydroxylation sites is 1. The van der Waals surface area contributed by atoms with Crippen LogP contribution in [0.5, 0.6) is 0 Å². The van der Waals surface area contributed by atoms with Gasteiger partial charge in [0.25, 0.3) is 0 Å². The molecule has 0 bridgehead atoms. The number of fused-ring (bicyclic) bond motifs is 1. The molecule has 1 aliphatic rings. The number of hydrogen-bond acceptors (Lipinski definition) is 4. The molecule has 1 N–H and O–H groups in total. The van der Waals surface area contributed by atoms with Crippen molar-refractivity contribution in [3.05, 3.63) is 46.2 Å². The first kappa shape index (κ1) is 15.6. The fraction of sp³-hybridized carbons (Fsp3) is 0.353. The second-order valence-electron chi connectivity index (χ2n) is 5.45. The van der Waals surface area contributed by atoms with Crippen LogP contribution in [0.15, 0.2) is 40.6 Å². The normalized spacial score (nSPS) is 16.1. The summed E-state index contributed by atoms with van der Waals surface area (Å²) in [5, 5.41) is 5.22. The van der Waals surface area contributed by atoms with Gasteiger partial charge >= 0.3 is 0 Å². The summed E-state index contributed by atoms with van der Waals surface area (Å²) in [6, 6.07) is 10.0. The number of thiophene rings is 1. The lowest BCUT2D eigenvalue weighted by atomic mass is 10.1. The lowest BCUT2D eigenvalue weighted by molar-refractivity contribution is -0.121. The molecular weight excluding hydrogens is 312 g/mol. The topological polar surface area (TPSA) is 32.3 Å². The predicted octanol–water partition coefficient (Wildman–Crippen LogP) is 3.86. The molecule has 0 saturated heterocycles. The third-order valence-corrected chi connectivity index (χ3v) is 5.95. The minimum atomic E-state index is -0.122. The maximum atomic E-state index is 12.6. The molecule has 116 valence electrons. The Hall–Kier alpha value is -1.30. The van der Waals surface area contributed by atoms with Gasteiger partial charge in [0.1, 0.15) is 0 Å². The Balaban J connectivity index is 1.68. The number of rotatable bonds is 4. The van der Waals surface area contributed by atoms with Gasteiger partial charge in [-0.25, -0.2) is 0 Å². The van der Waals surface area contributed by atoms with Crippen LogP contribution in [0, 0.1) is 0 Å². The van der Waals surface area contributed by atoms with Crippen molar-refractivity contribution in [3.63, 3.8) is 0 Å². The van der Waals surface area contributed by atoms with E-state index in [0.29, 0.717) is 0 Å². The van der Waals surface area contributed by atoms with E-state index in [2.05, 4.69) is 21.7 Å². The minimum absolute atomic E-state index is 0.0696. The van der Waals surface area contributed by atoms with Crippen molar-refractivity contribution < 1.29 is 4.79 Å². The van der Waals surface area contributed by atoms with Crippen molar-refractivity contribution >= 4 is 34.7 Å². The van der Waals surface area contributed by atoms with E-state index < -0.39 is 0 Å². The smallest absolute Gasteiger partial charge is 0.241 e. The van der Waals surface area contributed by atoms with Gasteiger partial charge in [-0.3, -0.25) is 9.69 Å². The van der Waals surface area contributed by atoms with Gasteiger partial charge in [-0.15, -0.1) is 23.1 Å². The standard InChI is InChI=1S/C17H20N2OS2/c1-12(19-9-7-15-13(11-19)8-10-22-15)17(20)18-14-5-3-4-6-16(14)21-2/h3-6,8,10,12H,7,9,11H2,1-2H3,(H,18,20)/t12-/m0/s1. The second-order valence-corrected chi connectivity index (χ2v) is 7.30. The van der Waals surface area contributed by atoms with Gasteiger partial charge in [-0.1, -0.05) is 12.1 Å². The number of carbonyl (C=O) groups excluding carboxylic acids is 1. The number of amides is 1. The molecule has 1 atom stereocenters. The van der Waals surface area contributed by atoms with Crippen LogP contribution >= 0.6 is 23.1 Å². The zero-order valence-corrected chi connectivity index (χ0v) is 14.5. The van der Waals surface area contributed by atoms with E-state index in [4.69, 9.17) is 0 Å². The summed E-state index contributed by atoms with van der Waals surface area (Å²) < 4.78 is 0. The number of thioether (sulfide) groups is 1. The molecule has 22 heavy (non-hydrogen) atoms. The Kier molecular flexibility index (Phi) is 4.86. The zero-order chi connectivity index (χ0) is 15.5. The van der Waals surface area contributed by atoms with E-state index in [-0.39, 0.29) is 11.9 Å². The summed E-state index contributed by atoms with van der Waals surface area (Å²) >= 11 is 3.47. The fourth-order valence-electron chi connectivity index (χ4n) is 2.75. The Morgan fingerprint density at radius 3 is 3.00 bits per heavy atom. The van der Waals surface area contributed by atoms with E-state index >= 15 is 0 Å². The highest BCUT2D eigenvalue weighted by molar-refractivity contribution is 7.98. The average molecular weight is 332 g/mol. The summed E-state index contributed by atoms with van der Waals surface area (Å²) in [5.41, 5.74) is 2.28. The maximum absolute atomic E-state index is 12.6. The highest BCUT2D eigenvalue weighted by atomic mass is 32.2. The third kappa shape index (κ3) is 3.21. The molecule has 3 rings (SSSR count). The second kappa shape index (κ2) is 6.86. The first-order valence-corrected chi connectivity index (χ1v) is 9.52. The van der Waals surface area contributed by atoms with Crippen LogP contribution in [0.2, 0.25) is 0 Å². The predicted molar refractivity (Wildman–Crippen MR) is 94.7 cm³/mol. The lowest BCUT2D eigenvalue weighted by Crippen LogP contribution is -2.44. The lowest BCUT2D eigenvalue weighted by Gasteiger charge is -2.31. The molecule has 0 radical (unpaired) electrons. The molecular formula is C17H20N2OS2. The summed E-state index contributed by atoms with van der Waals surface area (Å²) in [5.74, 6) is 0.0696. The third-order valence-electron chi connectivity index (χ3n) is 4.13. The Morgan fingerprint density at radius 1 is 1.36 bits per heavy atom. The van der Waals surface area contributed by atoms with Crippen molar-refractivity contribution in [2.24, 2.45) is 0 Å². The van der Waals surface area contributed by atoms with E-state index in [9.17, 15) is 4.79 Å². The monoisotopic (exact) mass is 332 g/mol. The minimum Gasteiger partial charge on any atom is -0.324 e. The van der Waals surface area contributed by atoms with Gasteiger partial charge < -0.3 is 5.32 Å². The Bertz CT molecular complexity index is 668. The van der Waals surface area contributed by atoms with Gasteiger partial charge in [-0.05, 0) is 48.7 Å². The molecule has 5 heteroatoms. The molecule has 1 aliphatic heterocycles. The fourth-order valence-corrected chi connectivity index (χ4v) is 4.20. The van der Waals surface area contributed by atoms with E-state index in [1.165, 1.54) is 10.4 Å². The quantitative estimate of drug-likeness (QED) is 0.863. The molecule has 1 aromatic heterocycles.